The zero-order valence-corrected chi connectivity index (χ0v) is 73.6. The van der Waals surface area contributed by atoms with Crippen molar-refractivity contribution in [3.05, 3.63) is 51.5 Å². The molecule has 12 amide bonds. The number of amides is 12. The molecule has 36 nitrogen and oxygen atoms in total. The lowest BCUT2D eigenvalue weighted by atomic mass is 9.82. The summed E-state index contributed by atoms with van der Waals surface area (Å²) in [6, 6.07) is 4.76. The van der Waals surface area contributed by atoms with Crippen LogP contribution in [0.3, 0.4) is 0 Å². The summed E-state index contributed by atoms with van der Waals surface area (Å²) in [4.78, 5) is 248. The third-order valence-electron chi connectivity index (χ3n) is 21.8. The van der Waals surface area contributed by atoms with E-state index >= 15 is 4.79 Å². The van der Waals surface area contributed by atoms with Crippen LogP contribution < -0.4 is 31.9 Å². The van der Waals surface area contributed by atoms with E-state index < -0.39 is 173 Å². The Balaban J connectivity index is 1.06. The first kappa shape index (κ1) is 101. The summed E-state index contributed by atoms with van der Waals surface area (Å²) in [6.07, 6.45) is 0.557. The molecule has 0 spiro atoms. The highest BCUT2D eigenvalue weighted by molar-refractivity contribution is 8.17. The number of carbonyl (C=O) groups excluding carboxylic acids is 16. The summed E-state index contributed by atoms with van der Waals surface area (Å²) >= 11 is 3.55. The van der Waals surface area contributed by atoms with Gasteiger partial charge >= 0.3 is 17.9 Å². The van der Waals surface area contributed by atoms with Crippen molar-refractivity contribution in [3.63, 3.8) is 0 Å². The summed E-state index contributed by atoms with van der Waals surface area (Å²) in [6.45, 7) is 14.2. The largest absolute Gasteiger partial charge is 0.481 e. The van der Waals surface area contributed by atoms with Crippen LogP contribution in [0.2, 0.25) is 0 Å². The Morgan fingerprint density at radius 3 is 1.87 bits per heavy atom. The minimum absolute atomic E-state index is 0.00491. The highest BCUT2D eigenvalue weighted by Crippen LogP contribution is 2.36. The van der Waals surface area contributed by atoms with Gasteiger partial charge in [0.15, 0.2) is 11.9 Å². The molecule has 4 saturated heterocycles. The van der Waals surface area contributed by atoms with Crippen LogP contribution in [0.25, 0.3) is 0 Å². The number of Topliss-reactive ketones (excluding diaryl/α,β-unsaturated/α-hetero) is 2. The number of thiazole rings is 1. The zero-order valence-electron chi connectivity index (χ0n) is 71.1. The molecule has 4 bridgehead atoms. The SMILES string of the molecule is CCC(C)[C@H](CC(=O)C1CCCCN1CC(=O)NCCCCC(CC(=O)CCC(=O)N1CCN2C(=O)CC(SCSC3CC(=O)N(CC1)C3=O)C2=O)C(=O)NC(CCCCNC(=O)COCCNC(=O)COCCNC(=O)CC(=O)O)C(=O)O)C(=O)N(CC)[C@H](C[C@@H](OC(C)=O)c1nc(C(=O)N[C@@H](Cc2ccc(C)cc2)CC(C)OC=O)cs1)C(C)C. The maximum atomic E-state index is 15.2. The van der Waals surface area contributed by atoms with E-state index in [1.807, 2.05) is 70.7 Å². The topological polar surface area (TPSA) is 486 Å². The summed E-state index contributed by atoms with van der Waals surface area (Å²) in [5.74, 6) is -12.3. The van der Waals surface area contributed by atoms with Gasteiger partial charge in [0.25, 0.3) is 12.4 Å². The van der Waals surface area contributed by atoms with Crippen LogP contribution in [0, 0.1) is 30.6 Å². The molecule has 122 heavy (non-hydrogen) atoms. The normalized spacial score (nSPS) is 18.4. The highest BCUT2D eigenvalue weighted by atomic mass is 32.2. The van der Waals surface area contributed by atoms with Crippen molar-refractivity contribution >= 4 is 142 Å². The lowest BCUT2D eigenvalue weighted by molar-refractivity contribution is -0.150. The number of aromatic nitrogens is 1. The number of imide groups is 2. The minimum atomic E-state index is -1.44. The number of thioether (sulfide) groups is 2. The monoisotopic (exact) mass is 1770 g/mol. The van der Waals surface area contributed by atoms with Crippen LogP contribution in [0.5, 0.6) is 0 Å². The Labute approximate surface area is 724 Å². The van der Waals surface area contributed by atoms with E-state index in [9.17, 15) is 86.6 Å². The maximum Gasteiger partial charge on any atom is 0.326 e. The van der Waals surface area contributed by atoms with Crippen LogP contribution in [0.15, 0.2) is 29.6 Å². The van der Waals surface area contributed by atoms with Gasteiger partial charge in [-0.25, -0.2) is 9.78 Å². The molecule has 0 saturated carbocycles. The molecule has 4 aliphatic heterocycles. The quantitative estimate of drug-likeness (QED) is 0.0153. The standard InChI is InChI=1S/C83H122N12O24S3/c1-9-53(6)60(80(111)93(10-2)64(51(3)4)41-66(119-55(8)97)79-90-62(48-120-79)78(110)88-58(37-54(7)118-49-96)38-56-22-20-52(5)21-23-56)40-65(99)63-19-13-16-30-92(63)45-70(101)84-26-14-11-17-57(39-59(98)24-25-73(104)91-31-33-94-74(105)42-67(81(94)112)121-50-122-68-43-75(106)95(34-32-91)82(68)113)77(109)89-61(83(114)115)18-12-15-27-85-71(102)46-117-36-29-87-72(103)47-116-35-28-86-69(100)44-76(107)108/h20-23,48-49,51,53-54,57-58,60-61,63-64,66-68H,9-19,24-47,50H2,1-8H3,(H,84,101)(H,85,102)(H,86,100)(H,87,103)(H,88,110)(H,89,109)(H,107,108)(H,114,115)/t53?,54?,57?,58-,60+,61?,63?,64-,66-,67?,68?/m1/s1. The fourth-order valence-corrected chi connectivity index (χ4v) is 18.5. The van der Waals surface area contributed by atoms with Crippen molar-refractivity contribution in [1.29, 1.82) is 0 Å². The number of aliphatic carboxylic acids is 2. The predicted octanol–water partition coefficient (Wildman–Crippen LogP) is 3.85. The second kappa shape index (κ2) is 53.0. The molecule has 7 unspecified atom stereocenters. The van der Waals surface area contributed by atoms with Gasteiger partial charge in [-0.1, -0.05) is 76.8 Å². The van der Waals surface area contributed by atoms with E-state index in [-0.39, 0.29) is 185 Å². The Bertz CT molecular complexity index is 3880. The van der Waals surface area contributed by atoms with Crippen LogP contribution in [-0.2, 0) is 107 Å². The van der Waals surface area contributed by atoms with Crippen molar-refractivity contribution in [2.45, 2.75) is 231 Å². The second-order valence-corrected chi connectivity index (χ2v) is 35.2. The fourth-order valence-electron chi connectivity index (χ4n) is 14.9. The highest BCUT2D eigenvalue weighted by Gasteiger charge is 2.44. The number of ether oxygens (including phenoxy) is 4. The number of rotatable bonds is 53. The molecule has 0 radical (unpaired) electrons. The van der Waals surface area contributed by atoms with Crippen LogP contribution in [0.1, 0.15) is 203 Å². The number of unbranched alkanes of at least 4 members (excludes halogenated alkanes) is 2. The van der Waals surface area contributed by atoms with Gasteiger partial charge < -0.3 is 70.9 Å². The van der Waals surface area contributed by atoms with Crippen LogP contribution in [-0.4, -0.2) is 291 Å². The number of hydrogen-bond acceptors (Lipinski definition) is 27. The van der Waals surface area contributed by atoms with Crippen molar-refractivity contribution in [1.82, 2.24) is 61.4 Å². The lowest BCUT2D eigenvalue weighted by Gasteiger charge is -2.39. The number of fused-ring (bicyclic) bond motifs is 4. The Morgan fingerprint density at radius 2 is 1.30 bits per heavy atom. The average Bonchev–Trinajstić information content (AvgIpc) is 1.79. The van der Waals surface area contributed by atoms with Crippen molar-refractivity contribution in [3.8, 4) is 0 Å². The van der Waals surface area contributed by atoms with Crippen LogP contribution in [0.4, 0.5) is 0 Å². The van der Waals surface area contributed by atoms with Gasteiger partial charge in [0, 0.05) is 152 Å². The first-order valence-corrected chi connectivity index (χ1v) is 45.0. The molecule has 4 aliphatic rings. The number of piperidine rings is 1. The van der Waals surface area contributed by atoms with E-state index in [4.69, 9.17) is 24.1 Å². The summed E-state index contributed by atoms with van der Waals surface area (Å²) in [5, 5.41) is 35.9. The number of carbonyl (C=O) groups is 18. The number of esters is 1. The third-order valence-corrected chi connectivity index (χ3v) is 25.4. The molecular formula is C83H122N12O24S3. The van der Waals surface area contributed by atoms with Gasteiger partial charge in [0.2, 0.25) is 65.0 Å². The molecule has 4 fully saturated rings. The molecule has 39 heteroatoms. The first-order chi connectivity index (χ1) is 58.2. The summed E-state index contributed by atoms with van der Waals surface area (Å²) < 4.78 is 21.6. The van der Waals surface area contributed by atoms with Gasteiger partial charge in [-0.05, 0) is 96.1 Å². The molecule has 11 atom stereocenters. The van der Waals surface area contributed by atoms with Crippen LogP contribution >= 0.6 is 34.9 Å². The number of benzene rings is 1. The van der Waals surface area contributed by atoms with E-state index in [0.29, 0.717) is 61.6 Å². The maximum absolute atomic E-state index is 15.2. The molecule has 676 valence electrons. The number of ketones is 2. The lowest BCUT2D eigenvalue weighted by Crippen LogP contribution is -2.51. The smallest absolute Gasteiger partial charge is 0.326 e. The van der Waals surface area contributed by atoms with Gasteiger partial charge in [0.05, 0.1) is 36.3 Å². The average molecular weight is 1770 g/mol. The van der Waals surface area contributed by atoms with Gasteiger partial charge in [-0.2, -0.15) is 0 Å². The number of likely N-dealkylation sites (tertiary alicyclic amines) is 1. The van der Waals surface area contributed by atoms with Gasteiger partial charge in [0.1, 0.15) is 48.3 Å². The number of hydrogen-bond donors (Lipinski definition) is 8. The molecule has 8 N–H and O–H groups in total. The number of aryl methyl sites for hydroxylation is 1. The van der Waals surface area contributed by atoms with E-state index in [1.165, 1.54) is 35.3 Å². The molecule has 6 rings (SSSR count). The summed E-state index contributed by atoms with van der Waals surface area (Å²) in [5.41, 5.74) is 2.12. The number of carboxylic acids is 2. The molecule has 2 aromatic rings. The van der Waals surface area contributed by atoms with Gasteiger partial charge in [-0.3, -0.25) is 96.2 Å². The van der Waals surface area contributed by atoms with Crippen molar-refractivity contribution < 1.29 is 115 Å². The molecule has 5 heterocycles. The number of carboxylic acid groups (broad SMARTS) is 2. The molecule has 0 aliphatic carbocycles. The Morgan fingerprint density at radius 1 is 0.697 bits per heavy atom. The summed E-state index contributed by atoms with van der Waals surface area (Å²) in [7, 11) is 0. The second-order valence-electron chi connectivity index (χ2n) is 31.5. The fraction of sp³-hybridized carbons (Fsp3) is 0.675. The van der Waals surface area contributed by atoms with Crippen molar-refractivity contribution in [2.24, 2.45) is 23.7 Å². The minimum Gasteiger partial charge on any atom is -0.481 e. The first-order valence-electron chi connectivity index (χ1n) is 42.0. The third kappa shape index (κ3) is 34.4. The number of nitrogens with one attached hydrogen (secondary N) is 6. The predicted molar refractivity (Wildman–Crippen MR) is 449 cm³/mol. The molecule has 1 aromatic heterocycles. The Kier molecular flexibility index (Phi) is 44.1. The number of nitrogens with zero attached hydrogens (tertiary/aromatic N) is 6. The van der Waals surface area contributed by atoms with Gasteiger partial charge in [-0.15, -0.1) is 34.9 Å². The van der Waals surface area contributed by atoms with Crippen molar-refractivity contribution in [2.75, 3.05) is 104 Å². The van der Waals surface area contributed by atoms with E-state index in [0.717, 1.165) is 32.3 Å². The molecule has 1 aromatic carbocycles. The van der Waals surface area contributed by atoms with E-state index in [1.54, 1.807) is 17.2 Å². The van der Waals surface area contributed by atoms with E-state index in [2.05, 4.69) is 36.9 Å². The zero-order chi connectivity index (χ0) is 89.5. The Hall–Kier alpha value is -9.31. The molecular weight excluding hydrogens is 1650 g/mol.